The Bertz CT molecular complexity index is 1470. The summed E-state index contributed by atoms with van der Waals surface area (Å²) in [7, 11) is -0.0996. The number of hydrogen-bond acceptors (Lipinski definition) is 1. The van der Waals surface area contributed by atoms with E-state index < -0.39 is 0 Å². The minimum Gasteiger partial charge on any atom is -0.0904 e. The van der Waals surface area contributed by atoms with Gasteiger partial charge in [-0.1, -0.05) is 90.6 Å². The third-order valence-corrected chi connectivity index (χ3v) is 12.7. The molecule has 0 heterocycles. The molecule has 0 saturated heterocycles. The summed E-state index contributed by atoms with van der Waals surface area (Å²) < 4.78 is 0. The maximum atomic E-state index is 2.46. The largest absolute Gasteiger partial charge is 0.166 e. The Morgan fingerprint density at radius 2 is 0.950 bits per heavy atom. The third-order valence-electron chi connectivity index (χ3n) is 6.82. The molecule has 5 aromatic carbocycles. The van der Waals surface area contributed by atoms with Crippen molar-refractivity contribution in [1.29, 1.82) is 0 Å². The Morgan fingerprint density at radius 1 is 0.500 bits per heavy atom. The first-order valence-electron chi connectivity index (χ1n) is 13.7. The van der Waals surface area contributed by atoms with Crippen molar-refractivity contribution in [3.05, 3.63) is 169 Å². The van der Waals surface area contributed by atoms with Crippen LogP contribution in [0.3, 0.4) is 0 Å². The molecule has 5 aromatic rings. The quantitative estimate of drug-likeness (QED) is 0.167. The molecule has 6 rings (SSSR count). The monoisotopic (exact) mass is 572 g/mol. The fourth-order valence-electron chi connectivity index (χ4n) is 4.95. The highest BCUT2D eigenvalue weighted by molar-refractivity contribution is 8.03. The Morgan fingerprint density at radius 3 is 1.45 bits per heavy atom. The first-order chi connectivity index (χ1) is 19.8. The summed E-state index contributed by atoms with van der Waals surface area (Å²) in [5.41, 5.74) is 0. The summed E-state index contributed by atoms with van der Waals surface area (Å²) >= 11 is 1.88. The van der Waals surface area contributed by atoms with Crippen molar-refractivity contribution in [1.82, 2.24) is 0 Å². The standard InChI is InChI=1S/C37H32S3/c1-5-15-32(16-6-1)39(33-17-7-2-8-18-33)36-23-13-14-30(24-27-36)38-31-25-28-37(29-26-31)40(34-19-9-3-10-20-34)35-21-11-4-12-22-35/h1-12,14-22,24-29,36H,13,23H2/q+2. The van der Waals surface area contributed by atoms with Gasteiger partial charge in [-0.15, -0.1) is 0 Å². The van der Waals surface area contributed by atoms with Gasteiger partial charge in [0.25, 0.3) is 0 Å². The molecule has 1 aliphatic rings. The molecule has 0 fully saturated rings. The first kappa shape index (κ1) is 26.8. The van der Waals surface area contributed by atoms with E-state index in [1.165, 1.54) is 34.3 Å². The molecule has 0 amide bonds. The predicted molar refractivity (Wildman–Crippen MR) is 174 cm³/mol. The van der Waals surface area contributed by atoms with Gasteiger partial charge in [-0.2, -0.15) is 0 Å². The van der Waals surface area contributed by atoms with Gasteiger partial charge in [-0.25, -0.2) is 0 Å². The molecule has 3 heteroatoms. The molecule has 0 aromatic heterocycles. The lowest BCUT2D eigenvalue weighted by molar-refractivity contribution is 0.880. The van der Waals surface area contributed by atoms with E-state index in [-0.39, 0.29) is 21.8 Å². The van der Waals surface area contributed by atoms with Crippen LogP contribution in [0.4, 0.5) is 0 Å². The van der Waals surface area contributed by atoms with Crippen LogP contribution in [0.1, 0.15) is 12.8 Å². The van der Waals surface area contributed by atoms with Crippen LogP contribution >= 0.6 is 11.8 Å². The highest BCUT2D eigenvalue weighted by Crippen LogP contribution is 2.37. The fraction of sp³-hybridized carbons (Fsp3) is 0.0811. The molecule has 1 atom stereocenters. The predicted octanol–water partition coefficient (Wildman–Crippen LogP) is 10.2. The van der Waals surface area contributed by atoms with Crippen molar-refractivity contribution >= 4 is 33.6 Å². The number of thioether (sulfide) groups is 1. The van der Waals surface area contributed by atoms with E-state index in [4.69, 9.17) is 0 Å². The van der Waals surface area contributed by atoms with Crippen molar-refractivity contribution in [3.63, 3.8) is 0 Å². The van der Waals surface area contributed by atoms with E-state index in [2.05, 4.69) is 164 Å². The molecule has 1 aliphatic carbocycles. The summed E-state index contributed by atoms with van der Waals surface area (Å²) in [6, 6.07) is 53.0. The van der Waals surface area contributed by atoms with Gasteiger partial charge in [0.2, 0.25) is 0 Å². The molecule has 0 N–H and O–H groups in total. The van der Waals surface area contributed by atoms with Crippen LogP contribution in [0.5, 0.6) is 0 Å². The topological polar surface area (TPSA) is 0 Å². The second kappa shape index (κ2) is 13.3. The van der Waals surface area contributed by atoms with Gasteiger partial charge in [0.05, 0.1) is 21.8 Å². The van der Waals surface area contributed by atoms with Crippen molar-refractivity contribution in [3.8, 4) is 0 Å². The zero-order chi connectivity index (χ0) is 27.0. The van der Waals surface area contributed by atoms with Crippen molar-refractivity contribution < 1.29 is 0 Å². The number of benzene rings is 5. The Hall–Kier alpha value is -3.37. The Kier molecular flexibility index (Phi) is 8.94. The highest BCUT2D eigenvalue weighted by atomic mass is 32.2. The Labute approximate surface area is 248 Å². The summed E-state index contributed by atoms with van der Waals surface area (Å²) in [6.45, 7) is 0. The van der Waals surface area contributed by atoms with E-state index in [0.29, 0.717) is 5.25 Å². The minimum absolute atomic E-state index is 0.0164. The lowest BCUT2D eigenvalue weighted by Crippen LogP contribution is -2.20. The molecule has 0 saturated carbocycles. The summed E-state index contributed by atoms with van der Waals surface area (Å²) in [4.78, 5) is 9.51. The van der Waals surface area contributed by atoms with Gasteiger partial charge in [0, 0.05) is 16.2 Å². The van der Waals surface area contributed by atoms with E-state index in [9.17, 15) is 0 Å². The van der Waals surface area contributed by atoms with Gasteiger partial charge < -0.3 is 0 Å². The molecule has 0 nitrogen and oxygen atoms in total. The lowest BCUT2D eigenvalue weighted by atomic mass is 10.2. The zero-order valence-corrected chi connectivity index (χ0v) is 24.8. The molecule has 40 heavy (non-hydrogen) atoms. The van der Waals surface area contributed by atoms with Crippen LogP contribution in [0, 0.1) is 0 Å². The third kappa shape index (κ3) is 6.50. The Balaban J connectivity index is 1.21. The summed E-state index contributed by atoms with van der Waals surface area (Å²) in [5, 5.41) is 0.486. The number of hydrogen-bond donors (Lipinski definition) is 0. The molecule has 0 radical (unpaired) electrons. The lowest BCUT2D eigenvalue weighted by Gasteiger charge is -2.15. The average Bonchev–Trinajstić information content (AvgIpc) is 3.26. The molecule has 0 bridgehead atoms. The first-order valence-corrected chi connectivity index (χ1v) is 17.0. The van der Waals surface area contributed by atoms with E-state index in [0.717, 1.165) is 12.8 Å². The van der Waals surface area contributed by atoms with Crippen LogP contribution in [0.15, 0.2) is 198 Å². The molecule has 1 unspecified atom stereocenters. The maximum Gasteiger partial charge on any atom is 0.166 e. The second-order valence-corrected chi connectivity index (χ2v) is 14.9. The number of allylic oxidation sites excluding steroid dienone is 2. The van der Waals surface area contributed by atoms with Gasteiger partial charge in [0.1, 0.15) is 5.25 Å². The molecular formula is C37H32S3+2. The van der Waals surface area contributed by atoms with Gasteiger partial charge in [-0.3, -0.25) is 0 Å². The summed E-state index contributed by atoms with van der Waals surface area (Å²) in [5.74, 6) is 0. The maximum absolute atomic E-state index is 2.46. The van der Waals surface area contributed by atoms with Gasteiger partial charge in [-0.05, 0) is 91.4 Å². The van der Waals surface area contributed by atoms with Crippen LogP contribution in [-0.4, -0.2) is 5.25 Å². The van der Waals surface area contributed by atoms with Crippen molar-refractivity contribution in [2.75, 3.05) is 0 Å². The van der Waals surface area contributed by atoms with Crippen molar-refractivity contribution in [2.45, 2.75) is 47.5 Å². The smallest absolute Gasteiger partial charge is 0.0904 e. The summed E-state index contributed by atoms with van der Waals surface area (Å²) in [6.07, 6.45) is 9.49. The van der Waals surface area contributed by atoms with Gasteiger partial charge in [0.15, 0.2) is 24.5 Å². The molecular weight excluding hydrogens is 541 g/mol. The highest BCUT2D eigenvalue weighted by Gasteiger charge is 2.34. The van der Waals surface area contributed by atoms with E-state index in [1.54, 1.807) is 0 Å². The SMILES string of the molecule is C1=CC([S+](c2ccccc2)c2ccccc2)CCC=C1Sc1ccc([S+](c2ccccc2)c2ccccc2)cc1. The zero-order valence-electron chi connectivity index (χ0n) is 22.3. The second-order valence-electron chi connectivity index (χ2n) is 9.55. The van der Waals surface area contributed by atoms with Crippen LogP contribution in [-0.2, 0) is 21.8 Å². The molecule has 196 valence electrons. The van der Waals surface area contributed by atoms with Crippen LogP contribution < -0.4 is 0 Å². The molecule has 0 aliphatic heterocycles. The number of rotatable bonds is 8. The van der Waals surface area contributed by atoms with E-state index in [1.807, 2.05) is 11.8 Å². The van der Waals surface area contributed by atoms with Crippen molar-refractivity contribution in [2.24, 2.45) is 0 Å². The van der Waals surface area contributed by atoms with Crippen LogP contribution in [0.25, 0.3) is 0 Å². The van der Waals surface area contributed by atoms with Crippen LogP contribution in [0.2, 0.25) is 0 Å². The average molecular weight is 573 g/mol. The normalized spacial score (nSPS) is 15.2. The van der Waals surface area contributed by atoms with E-state index >= 15 is 0 Å². The van der Waals surface area contributed by atoms with Gasteiger partial charge >= 0.3 is 0 Å². The fourth-order valence-corrected chi connectivity index (χ4v) is 10.4. The molecule has 0 spiro atoms. The minimum atomic E-state index is -0.116.